The van der Waals surface area contributed by atoms with Crippen LogP contribution in [0.5, 0.6) is 0 Å². The van der Waals surface area contributed by atoms with E-state index in [1.807, 2.05) is 111 Å². The molecule has 5 aromatic carbocycles. The summed E-state index contributed by atoms with van der Waals surface area (Å²) in [5, 5.41) is 23.7. The third-order valence-electron chi connectivity index (χ3n) is 9.33. The van der Waals surface area contributed by atoms with Gasteiger partial charge in [0.1, 0.15) is 0 Å². The standard InChI is InChI=1S/C42H44N2O5/c1-29(40(46)34-11-5-3-6-12-34)44(2)27-38-25-39(33-18-16-30(28-45)17-19-33)49-42(48-38)36-22-20-32(21-23-36)37-15-9-10-31(24-37)26-43-41(47)35-13-7-4-8-14-35/h3-24,29,38-40,42,45-46H,25-28H2,1-2H3,(H,43,47)/t29-,38+,39-,40-,42-/m1/s1. The Hall–Kier alpha value is -4.63. The van der Waals surface area contributed by atoms with Crippen molar-refractivity contribution in [1.29, 1.82) is 0 Å². The predicted molar refractivity (Wildman–Crippen MR) is 191 cm³/mol. The number of likely N-dealkylation sites (N-methyl/N-ethyl adjacent to an activating group) is 1. The molecule has 0 aliphatic carbocycles. The molecule has 5 atom stereocenters. The van der Waals surface area contributed by atoms with Gasteiger partial charge in [-0.05, 0) is 65.6 Å². The quantitative estimate of drug-likeness (QED) is 0.130. The SMILES string of the molecule is C[C@H]([C@@H](O)c1ccccc1)N(C)C[C@@H]1C[C@H](c2ccc(CO)cc2)O[C@H](c2ccc(-c3cccc(CNC(=O)c4ccccc4)c3)cc2)O1. The number of hydrogen-bond donors (Lipinski definition) is 3. The summed E-state index contributed by atoms with van der Waals surface area (Å²) in [5.74, 6) is -0.100. The van der Waals surface area contributed by atoms with E-state index < -0.39 is 12.4 Å². The highest BCUT2D eigenvalue weighted by Gasteiger charge is 2.34. The molecule has 0 spiro atoms. The number of aliphatic hydroxyl groups excluding tert-OH is 2. The first kappa shape index (κ1) is 34.2. The van der Waals surface area contributed by atoms with Crippen molar-refractivity contribution in [3.63, 3.8) is 0 Å². The summed E-state index contributed by atoms with van der Waals surface area (Å²) in [4.78, 5) is 14.7. The van der Waals surface area contributed by atoms with Crippen LogP contribution in [0.3, 0.4) is 0 Å². The monoisotopic (exact) mass is 656 g/mol. The molecule has 252 valence electrons. The molecule has 1 amide bonds. The van der Waals surface area contributed by atoms with Crippen LogP contribution in [0.15, 0.2) is 133 Å². The summed E-state index contributed by atoms with van der Waals surface area (Å²) in [6.45, 7) is 3.07. The number of carbonyl (C=O) groups excluding carboxylic acids is 1. The number of benzene rings is 5. The van der Waals surface area contributed by atoms with Gasteiger partial charge in [-0.3, -0.25) is 9.69 Å². The van der Waals surface area contributed by atoms with E-state index in [-0.39, 0.29) is 30.8 Å². The van der Waals surface area contributed by atoms with E-state index in [1.165, 1.54) is 0 Å². The van der Waals surface area contributed by atoms with Crippen molar-refractivity contribution in [1.82, 2.24) is 10.2 Å². The number of amides is 1. The summed E-state index contributed by atoms with van der Waals surface area (Å²) in [6, 6.07) is 43.1. The van der Waals surface area contributed by atoms with Crippen LogP contribution in [0.25, 0.3) is 11.1 Å². The Labute approximate surface area is 288 Å². The second-order valence-corrected chi connectivity index (χ2v) is 12.8. The molecule has 1 saturated heterocycles. The zero-order valence-electron chi connectivity index (χ0n) is 28.0. The number of nitrogens with one attached hydrogen (secondary N) is 1. The minimum absolute atomic E-state index is 0.00975. The molecule has 1 heterocycles. The molecule has 7 nitrogen and oxygen atoms in total. The van der Waals surface area contributed by atoms with E-state index in [4.69, 9.17) is 9.47 Å². The highest BCUT2D eigenvalue weighted by molar-refractivity contribution is 5.94. The number of carbonyl (C=O) groups is 1. The van der Waals surface area contributed by atoms with Gasteiger partial charge in [0.15, 0.2) is 6.29 Å². The fourth-order valence-corrected chi connectivity index (χ4v) is 6.26. The molecule has 49 heavy (non-hydrogen) atoms. The smallest absolute Gasteiger partial charge is 0.251 e. The Bertz CT molecular complexity index is 1780. The zero-order valence-corrected chi connectivity index (χ0v) is 28.0. The van der Waals surface area contributed by atoms with Crippen LogP contribution in [0.2, 0.25) is 0 Å². The van der Waals surface area contributed by atoms with Gasteiger partial charge in [-0.1, -0.05) is 115 Å². The molecule has 0 radical (unpaired) electrons. The van der Waals surface area contributed by atoms with Gasteiger partial charge in [0, 0.05) is 36.7 Å². The van der Waals surface area contributed by atoms with Crippen LogP contribution in [0, 0.1) is 0 Å². The lowest BCUT2D eigenvalue weighted by molar-refractivity contribution is -0.253. The van der Waals surface area contributed by atoms with E-state index in [1.54, 1.807) is 12.1 Å². The fourth-order valence-electron chi connectivity index (χ4n) is 6.26. The lowest BCUT2D eigenvalue weighted by Crippen LogP contribution is -2.43. The Morgan fingerprint density at radius 3 is 2.16 bits per heavy atom. The Balaban J connectivity index is 1.16. The molecule has 0 unspecified atom stereocenters. The first-order valence-electron chi connectivity index (χ1n) is 16.8. The van der Waals surface area contributed by atoms with Gasteiger partial charge in [-0.2, -0.15) is 0 Å². The van der Waals surface area contributed by atoms with Crippen molar-refractivity contribution in [2.75, 3.05) is 13.6 Å². The van der Waals surface area contributed by atoms with Gasteiger partial charge in [0.2, 0.25) is 0 Å². The molecule has 1 aliphatic heterocycles. The second kappa shape index (κ2) is 16.2. The number of ether oxygens (including phenoxy) is 2. The Kier molecular flexibility index (Phi) is 11.3. The molecule has 6 rings (SSSR count). The number of nitrogens with zero attached hydrogens (tertiary/aromatic N) is 1. The van der Waals surface area contributed by atoms with Crippen LogP contribution in [-0.2, 0) is 22.6 Å². The summed E-state index contributed by atoms with van der Waals surface area (Å²) >= 11 is 0. The minimum atomic E-state index is -0.630. The van der Waals surface area contributed by atoms with E-state index >= 15 is 0 Å². The predicted octanol–water partition coefficient (Wildman–Crippen LogP) is 7.38. The molecule has 0 saturated carbocycles. The molecule has 0 bridgehead atoms. The molecular weight excluding hydrogens is 612 g/mol. The van der Waals surface area contributed by atoms with Crippen molar-refractivity contribution >= 4 is 5.91 Å². The van der Waals surface area contributed by atoms with Gasteiger partial charge in [0.25, 0.3) is 5.91 Å². The van der Waals surface area contributed by atoms with Gasteiger partial charge in [-0.15, -0.1) is 0 Å². The summed E-state index contributed by atoms with van der Waals surface area (Å²) < 4.78 is 13.2. The summed E-state index contributed by atoms with van der Waals surface area (Å²) in [5.41, 5.74) is 7.43. The number of hydrogen-bond acceptors (Lipinski definition) is 6. The molecule has 7 heteroatoms. The maximum absolute atomic E-state index is 12.5. The van der Waals surface area contributed by atoms with Crippen molar-refractivity contribution in [3.8, 4) is 11.1 Å². The Morgan fingerprint density at radius 2 is 1.47 bits per heavy atom. The van der Waals surface area contributed by atoms with Gasteiger partial charge >= 0.3 is 0 Å². The fraction of sp³-hybridized carbons (Fsp3) is 0.262. The first-order valence-corrected chi connectivity index (χ1v) is 16.8. The lowest BCUT2D eigenvalue weighted by atomic mass is 9.98. The van der Waals surface area contributed by atoms with Crippen molar-refractivity contribution in [3.05, 3.63) is 167 Å². The molecule has 5 aromatic rings. The van der Waals surface area contributed by atoms with Crippen LogP contribution in [-0.4, -0.2) is 46.8 Å². The number of aliphatic hydroxyl groups is 2. The average Bonchev–Trinajstić information content (AvgIpc) is 3.17. The lowest BCUT2D eigenvalue weighted by Gasteiger charge is -2.39. The van der Waals surface area contributed by atoms with Crippen LogP contribution in [0.1, 0.15) is 70.0 Å². The Morgan fingerprint density at radius 1 is 0.796 bits per heavy atom. The van der Waals surface area contributed by atoms with Gasteiger partial charge in [0.05, 0.1) is 24.9 Å². The molecular formula is C42H44N2O5. The van der Waals surface area contributed by atoms with Crippen LogP contribution >= 0.6 is 0 Å². The van der Waals surface area contributed by atoms with Gasteiger partial charge < -0.3 is 25.0 Å². The topological polar surface area (TPSA) is 91.3 Å². The molecule has 3 N–H and O–H groups in total. The van der Waals surface area contributed by atoms with Crippen molar-refractivity contribution < 1.29 is 24.5 Å². The summed E-state index contributed by atoms with van der Waals surface area (Å²) in [7, 11) is 2.02. The maximum atomic E-state index is 12.5. The van der Waals surface area contributed by atoms with Crippen molar-refractivity contribution in [2.24, 2.45) is 0 Å². The maximum Gasteiger partial charge on any atom is 0.251 e. The second-order valence-electron chi connectivity index (χ2n) is 12.8. The normalized spacial score (nSPS) is 18.9. The highest BCUT2D eigenvalue weighted by Crippen LogP contribution is 2.39. The van der Waals surface area contributed by atoms with Gasteiger partial charge in [-0.25, -0.2) is 0 Å². The molecule has 1 fully saturated rings. The van der Waals surface area contributed by atoms with E-state index in [0.717, 1.165) is 38.9 Å². The van der Waals surface area contributed by atoms with E-state index in [9.17, 15) is 15.0 Å². The zero-order chi connectivity index (χ0) is 34.2. The van der Waals surface area contributed by atoms with E-state index in [2.05, 4.69) is 34.5 Å². The first-order chi connectivity index (χ1) is 23.9. The summed E-state index contributed by atoms with van der Waals surface area (Å²) in [6.07, 6.45) is -0.924. The molecule has 1 aliphatic rings. The van der Waals surface area contributed by atoms with Crippen molar-refractivity contribution in [2.45, 2.75) is 57.1 Å². The third-order valence-corrected chi connectivity index (χ3v) is 9.33. The highest BCUT2D eigenvalue weighted by atomic mass is 16.7. The average molecular weight is 657 g/mol. The largest absolute Gasteiger partial charge is 0.392 e. The number of rotatable bonds is 12. The molecule has 0 aromatic heterocycles. The van der Waals surface area contributed by atoms with Crippen LogP contribution in [0.4, 0.5) is 0 Å². The third kappa shape index (κ3) is 8.70. The van der Waals surface area contributed by atoms with E-state index in [0.29, 0.717) is 25.1 Å². The van der Waals surface area contributed by atoms with Crippen LogP contribution < -0.4 is 5.32 Å². The minimum Gasteiger partial charge on any atom is -0.392 e.